The molecule has 1 N–H and O–H groups in total. The maximum atomic E-state index is 13.3. The van der Waals surface area contributed by atoms with Crippen LogP contribution in [0.15, 0.2) is 66.7 Å². The molecule has 3 aromatic carbocycles. The van der Waals surface area contributed by atoms with Crippen molar-refractivity contribution in [2.45, 2.75) is 25.1 Å². The Labute approximate surface area is 158 Å². The SMILES string of the molecule is O=C1c2ccccc2N[C@H](c2ccc3ccccc3c2)N1C[C@@H]1CCCO1. The number of ether oxygens (including phenoxy) is 1. The normalized spacial score (nSPS) is 21.9. The molecule has 2 atom stereocenters. The Hall–Kier alpha value is -2.85. The number of fused-ring (bicyclic) bond motifs is 2. The highest BCUT2D eigenvalue weighted by molar-refractivity contribution is 6.01. The Morgan fingerprint density at radius 2 is 1.81 bits per heavy atom. The first-order valence-electron chi connectivity index (χ1n) is 9.56. The van der Waals surface area contributed by atoms with Crippen LogP contribution in [0, 0.1) is 0 Å². The molecule has 1 saturated heterocycles. The van der Waals surface area contributed by atoms with Crippen LogP contribution in [-0.2, 0) is 4.74 Å². The second kappa shape index (κ2) is 6.71. The van der Waals surface area contributed by atoms with Crippen LogP contribution in [0.1, 0.15) is 34.9 Å². The summed E-state index contributed by atoms with van der Waals surface area (Å²) in [6.45, 7) is 1.40. The molecule has 4 nitrogen and oxygen atoms in total. The largest absolute Gasteiger partial charge is 0.376 e. The number of nitrogens with one attached hydrogen (secondary N) is 1. The molecule has 0 saturated carbocycles. The van der Waals surface area contributed by atoms with Gasteiger partial charge in [-0.15, -0.1) is 0 Å². The maximum absolute atomic E-state index is 13.3. The van der Waals surface area contributed by atoms with Gasteiger partial charge in [-0.05, 0) is 47.4 Å². The lowest BCUT2D eigenvalue weighted by Crippen LogP contribution is -2.46. The number of rotatable bonds is 3. The molecule has 0 aliphatic carbocycles. The van der Waals surface area contributed by atoms with Crippen LogP contribution in [0.3, 0.4) is 0 Å². The molecular weight excluding hydrogens is 336 g/mol. The minimum Gasteiger partial charge on any atom is -0.376 e. The molecule has 2 heterocycles. The first-order chi connectivity index (χ1) is 13.3. The van der Waals surface area contributed by atoms with Gasteiger partial charge in [-0.3, -0.25) is 4.79 Å². The van der Waals surface area contributed by atoms with Gasteiger partial charge >= 0.3 is 0 Å². The second-order valence-electron chi connectivity index (χ2n) is 7.29. The predicted molar refractivity (Wildman–Crippen MR) is 107 cm³/mol. The van der Waals surface area contributed by atoms with E-state index in [1.807, 2.05) is 41.3 Å². The van der Waals surface area contributed by atoms with Crippen LogP contribution in [0.25, 0.3) is 10.8 Å². The number of nitrogens with zero attached hydrogens (tertiary/aromatic N) is 1. The van der Waals surface area contributed by atoms with Crippen molar-refractivity contribution in [3.8, 4) is 0 Å². The van der Waals surface area contributed by atoms with Crippen molar-refractivity contribution in [3.63, 3.8) is 0 Å². The minimum atomic E-state index is -0.193. The van der Waals surface area contributed by atoms with Gasteiger partial charge in [0, 0.05) is 18.8 Å². The van der Waals surface area contributed by atoms with Crippen LogP contribution >= 0.6 is 0 Å². The molecule has 0 spiro atoms. The van der Waals surface area contributed by atoms with E-state index in [-0.39, 0.29) is 18.2 Å². The summed E-state index contributed by atoms with van der Waals surface area (Å²) in [4.78, 5) is 15.2. The first kappa shape index (κ1) is 16.3. The minimum absolute atomic E-state index is 0.0676. The fraction of sp³-hybridized carbons (Fsp3) is 0.261. The van der Waals surface area contributed by atoms with Crippen LogP contribution in [-0.4, -0.2) is 30.1 Å². The molecule has 5 rings (SSSR count). The summed E-state index contributed by atoms with van der Waals surface area (Å²) in [6, 6.07) is 22.5. The van der Waals surface area contributed by atoms with Crippen molar-refractivity contribution in [2.24, 2.45) is 0 Å². The fourth-order valence-corrected chi connectivity index (χ4v) is 4.13. The van der Waals surface area contributed by atoms with Gasteiger partial charge in [-0.2, -0.15) is 0 Å². The molecule has 1 fully saturated rings. The van der Waals surface area contributed by atoms with Gasteiger partial charge in [0.1, 0.15) is 6.17 Å². The van der Waals surface area contributed by atoms with Crippen molar-refractivity contribution in [1.29, 1.82) is 0 Å². The molecule has 0 unspecified atom stereocenters. The number of anilines is 1. The highest BCUT2D eigenvalue weighted by Crippen LogP contribution is 2.35. The molecule has 2 aliphatic rings. The number of para-hydroxylation sites is 1. The highest BCUT2D eigenvalue weighted by atomic mass is 16.5. The summed E-state index contributed by atoms with van der Waals surface area (Å²) in [6.07, 6.45) is 2.00. The quantitative estimate of drug-likeness (QED) is 0.745. The zero-order valence-corrected chi connectivity index (χ0v) is 15.1. The van der Waals surface area contributed by atoms with E-state index in [1.165, 1.54) is 10.8 Å². The molecule has 1 amide bonds. The van der Waals surface area contributed by atoms with Crippen molar-refractivity contribution in [3.05, 3.63) is 77.9 Å². The van der Waals surface area contributed by atoms with Gasteiger partial charge < -0.3 is 15.0 Å². The van der Waals surface area contributed by atoms with E-state index >= 15 is 0 Å². The fourth-order valence-electron chi connectivity index (χ4n) is 4.13. The van der Waals surface area contributed by atoms with Crippen LogP contribution < -0.4 is 5.32 Å². The van der Waals surface area contributed by atoms with Crippen LogP contribution in [0.5, 0.6) is 0 Å². The number of benzene rings is 3. The Morgan fingerprint density at radius 1 is 1.00 bits per heavy atom. The number of hydrogen-bond acceptors (Lipinski definition) is 3. The second-order valence-corrected chi connectivity index (χ2v) is 7.29. The Balaban J connectivity index is 1.56. The molecule has 3 aromatic rings. The van der Waals surface area contributed by atoms with Gasteiger partial charge in [0.2, 0.25) is 0 Å². The van der Waals surface area contributed by atoms with Crippen LogP contribution in [0.4, 0.5) is 5.69 Å². The lowest BCUT2D eigenvalue weighted by atomic mass is 10.00. The zero-order valence-electron chi connectivity index (χ0n) is 15.1. The van der Waals surface area contributed by atoms with Crippen molar-refractivity contribution >= 4 is 22.4 Å². The average molecular weight is 358 g/mol. The molecule has 136 valence electrons. The van der Waals surface area contributed by atoms with E-state index in [1.54, 1.807) is 0 Å². The third-order valence-electron chi connectivity index (χ3n) is 5.54. The van der Waals surface area contributed by atoms with Crippen molar-refractivity contribution in [2.75, 3.05) is 18.5 Å². The summed E-state index contributed by atoms with van der Waals surface area (Å²) < 4.78 is 5.82. The highest BCUT2D eigenvalue weighted by Gasteiger charge is 2.35. The van der Waals surface area contributed by atoms with E-state index in [2.05, 4.69) is 35.6 Å². The van der Waals surface area contributed by atoms with Crippen molar-refractivity contribution < 1.29 is 9.53 Å². The Kier molecular flexibility index (Phi) is 4.06. The van der Waals surface area contributed by atoms with E-state index < -0.39 is 0 Å². The topological polar surface area (TPSA) is 41.6 Å². The number of amides is 1. The van der Waals surface area contributed by atoms with Gasteiger partial charge in [0.25, 0.3) is 5.91 Å². The van der Waals surface area contributed by atoms with Gasteiger partial charge in [0.05, 0.1) is 11.7 Å². The van der Waals surface area contributed by atoms with E-state index in [0.29, 0.717) is 6.54 Å². The lowest BCUT2D eigenvalue weighted by Gasteiger charge is -2.39. The number of carbonyl (C=O) groups is 1. The van der Waals surface area contributed by atoms with E-state index in [9.17, 15) is 4.79 Å². The Morgan fingerprint density at radius 3 is 2.67 bits per heavy atom. The smallest absolute Gasteiger partial charge is 0.257 e. The van der Waals surface area contributed by atoms with Crippen LogP contribution in [0.2, 0.25) is 0 Å². The summed E-state index contributed by atoms with van der Waals surface area (Å²) in [5, 5.41) is 5.97. The molecule has 2 aliphatic heterocycles. The third-order valence-corrected chi connectivity index (χ3v) is 5.54. The first-order valence-corrected chi connectivity index (χ1v) is 9.56. The lowest BCUT2D eigenvalue weighted by molar-refractivity contribution is 0.0427. The standard InChI is InChI=1S/C23H22N2O2/c26-23-20-9-3-4-10-21(20)24-22(25(23)15-19-8-5-13-27-19)18-12-11-16-6-1-2-7-17(16)14-18/h1-4,6-7,9-12,14,19,22,24H,5,8,13,15H2/t19-,22-/m0/s1. The molecule has 4 heteroatoms. The average Bonchev–Trinajstić information content (AvgIpc) is 3.23. The number of hydrogen-bond donors (Lipinski definition) is 1. The molecule has 27 heavy (non-hydrogen) atoms. The molecular formula is C23H22N2O2. The van der Waals surface area contributed by atoms with Gasteiger partial charge in [-0.25, -0.2) is 0 Å². The maximum Gasteiger partial charge on any atom is 0.257 e. The van der Waals surface area contributed by atoms with Gasteiger partial charge in [-0.1, -0.05) is 48.5 Å². The summed E-state index contributed by atoms with van der Waals surface area (Å²) in [5.74, 6) is 0.0676. The van der Waals surface area contributed by atoms with E-state index in [4.69, 9.17) is 4.74 Å². The van der Waals surface area contributed by atoms with Gasteiger partial charge in [0.15, 0.2) is 0 Å². The molecule has 0 radical (unpaired) electrons. The summed E-state index contributed by atoms with van der Waals surface area (Å²) in [5.41, 5.74) is 2.71. The number of carbonyl (C=O) groups excluding carboxylic acids is 1. The van der Waals surface area contributed by atoms with E-state index in [0.717, 1.165) is 36.3 Å². The predicted octanol–water partition coefficient (Wildman–Crippen LogP) is 4.59. The zero-order chi connectivity index (χ0) is 18.2. The Bertz CT molecular complexity index is 994. The third kappa shape index (κ3) is 2.96. The monoisotopic (exact) mass is 358 g/mol. The molecule has 0 bridgehead atoms. The summed E-state index contributed by atoms with van der Waals surface area (Å²) in [7, 11) is 0. The van der Waals surface area contributed by atoms with Crippen molar-refractivity contribution in [1.82, 2.24) is 4.90 Å². The summed E-state index contributed by atoms with van der Waals surface area (Å²) >= 11 is 0. The molecule has 0 aromatic heterocycles.